The van der Waals surface area contributed by atoms with Gasteiger partial charge in [0.2, 0.25) is 0 Å². The molecule has 0 fully saturated rings. The van der Waals surface area contributed by atoms with E-state index in [0.29, 0.717) is 0 Å². The van der Waals surface area contributed by atoms with E-state index in [1.165, 1.54) is 10.4 Å². The van der Waals surface area contributed by atoms with Crippen LogP contribution in [0.4, 0.5) is 22.9 Å². The van der Waals surface area contributed by atoms with Crippen LogP contribution in [0.1, 0.15) is 33.3 Å². The highest BCUT2D eigenvalue weighted by Gasteiger charge is 2.42. The van der Waals surface area contributed by atoms with Gasteiger partial charge in [-0.05, 0) is 68.1 Å². The number of nitrogens with one attached hydrogen (secondary N) is 1. The van der Waals surface area contributed by atoms with Crippen molar-refractivity contribution in [2.75, 3.05) is 10.2 Å². The van der Waals surface area contributed by atoms with Crippen molar-refractivity contribution in [2.24, 2.45) is 9.98 Å². The molecule has 0 bridgehead atoms. The third-order valence-corrected chi connectivity index (χ3v) is 8.00. The molecular weight excluding hydrogens is 488 g/mol. The van der Waals surface area contributed by atoms with Crippen LogP contribution < -0.4 is 10.2 Å². The van der Waals surface area contributed by atoms with E-state index >= 15 is 0 Å². The molecule has 0 aliphatic carbocycles. The fourth-order valence-electron chi connectivity index (χ4n) is 5.35. The Labute approximate surface area is 225 Å². The Kier molecular flexibility index (Phi) is 5.26. The van der Waals surface area contributed by atoms with Gasteiger partial charge in [-0.1, -0.05) is 54.1 Å². The number of hydrogen-bond donors (Lipinski definition) is 1. The monoisotopic (exact) mass is 514 g/mol. The van der Waals surface area contributed by atoms with Crippen LogP contribution in [0.3, 0.4) is 0 Å². The zero-order valence-corrected chi connectivity index (χ0v) is 22.2. The first-order chi connectivity index (χ1) is 18.6. The van der Waals surface area contributed by atoms with Gasteiger partial charge in [-0.2, -0.15) is 5.10 Å². The number of nitrogens with zero attached hydrogens (tertiary/aromatic N) is 5. The average Bonchev–Trinajstić information content (AvgIpc) is 3.58. The van der Waals surface area contributed by atoms with Crippen molar-refractivity contribution in [3.8, 4) is 5.69 Å². The van der Waals surface area contributed by atoms with E-state index in [-0.39, 0.29) is 6.04 Å². The first-order valence-electron chi connectivity index (χ1n) is 12.7. The summed E-state index contributed by atoms with van der Waals surface area (Å²) in [7, 11) is 0. The van der Waals surface area contributed by atoms with Gasteiger partial charge in [-0.15, -0.1) is 11.3 Å². The predicted octanol–water partition coefficient (Wildman–Crippen LogP) is 7.65. The molecule has 4 heterocycles. The van der Waals surface area contributed by atoms with Crippen molar-refractivity contribution in [1.29, 1.82) is 0 Å². The Balaban J connectivity index is 1.53. The second kappa shape index (κ2) is 8.82. The molecule has 0 spiro atoms. The lowest BCUT2D eigenvalue weighted by Gasteiger charge is -2.41. The highest BCUT2D eigenvalue weighted by atomic mass is 32.1. The molecule has 6 nitrogen and oxygen atoms in total. The van der Waals surface area contributed by atoms with E-state index in [0.717, 1.165) is 57.1 Å². The number of thiophene rings is 1. The minimum atomic E-state index is -0.0810. The third kappa shape index (κ3) is 3.58. The predicted molar refractivity (Wildman–Crippen MR) is 157 cm³/mol. The summed E-state index contributed by atoms with van der Waals surface area (Å²) in [5.41, 5.74) is 8.41. The molecule has 2 aromatic heterocycles. The van der Waals surface area contributed by atoms with Gasteiger partial charge in [0.25, 0.3) is 0 Å². The topological polar surface area (TPSA) is 57.8 Å². The number of hydrogen-bond acceptors (Lipinski definition) is 5. The molecule has 7 rings (SSSR count). The van der Waals surface area contributed by atoms with E-state index < -0.39 is 0 Å². The molecule has 0 radical (unpaired) electrons. The fraction of sp³-hybridized carbons (Fsp3) is 0.129. The molecule has 186 valence electrons. The first-order valence-corrected chi connectivity index (χ1v) is 13.5. The second-order valence-electron chi connectivity index (χ2n) is 9.69. The molecule has 0 unspecified atom stereocenters. The zero-order chi connectivity index (χ0) is 25.8. The normalized spacial score (nSPS) is 16.9. The van der Waals surface area contributed by atoms with Gasteiger partial charge in [-0.25, -0.2) is 14.7 Å². The van der Waals surface area contributed by atoms with Crippen molar-refractivity contribution < 1.29 is 0 Å². The molecule has 7 heteroatoms. The standard InChI is InChI=1S/C31H26N6S/c1-19-15-16-23(20(2)18-19)32-29-31-34-30-27(21(3)35-37(30)22-10-5-4-6-11-22)28(26-14-9-17-38-26)36(31)25-13-8-7-12-24(25)33-29/h4-18,28H,1-3H3,(H,32,33)/t28-/m0/s1. The molecule has 0 saturated carbocycles. The molecule has 38 heavy (non-hydrogen) atoms. The van der Waals surface area contributed by atoms with Crippen LogP contribution in [-0.4, -0.2) is 21.5 Å². The summed E-state index contributed by atoms with van der Waals surface area (Å²) < 4.78 is 1.96. The lowest BCUT2D eigenvalue weighted by Crippen LogP contribution is -2.48. The highest BCUT2D eigenvalue weighted by Crippen LogP contribution is 2.48. The van der Waals surface area contributed by atoms with E-state index in [1.807, 2.05) is 22.9 Å². The van der Waals surface area contributed by atoms with E-state index in [4.69, 9.17) is 15.1 Å². The second-order valence-corrected chi connectivity index (χ2v) is 10.7. The number of aromatic nitrogens is 2. The lowest BCUT2D eigenvalue weighted by molar-refractivity contribution is 0.831. The van der Waals surface area contributed by atoms with Gasteiger partial charge in [0.15, 0.2) is 17.5 Å². The fourth-order valence-corrected chi connectivity index (χ4v) is 6.17. The maximum Gasteiger partial charge on any atom is 0.179 e. The van der Waals surface area contributed by atoms with E-state index in [2.05, 4.69) is 103 Å². The van der Waals surface area contributed by atoms with Crippen LogP contribution in [0.25, 0.3) is 5.69 Å². The SMILES string of the molecule is Cc1ccc(N=C2Nc3ccccc3N3C2=Nc2c(c(C)nn2-c2ccccc2)[C@@H]3c2cccs2)c(C)c1. The van der Waals surface area contributed by atoms with Crippen LogP contribution in [0, 0.1) is 20.8 Å². The Morgan fingerprint density at radius 2 is 1.71 bits per heavy atom. The van der Waals surface area contributed by atoms with Crippen molar-refractivity contribution in [1.82, 2.24) is 9.78 Å². The maximum absolute atomic E-state index is 5.30. The van der Waals surface area contributed by atoms with Gasteiger partial charge in [0, 0.05) is 10.4 Å². The minimum Gasteiger partial charge on any atom is -0.335 e. The van der Waals surface area contributed by atoms with E-state index in [9.17, 15) is 0 Å². The molecule has 2 aliphatic heterocycles. The van der Waals surface area contributed by atoms with Crippen molar-refractivity contribution in [3.63, 3.8) is 0 Å². The number of rotatable bonds is 3. The zero-order valence-electron chi connectivity index (χ0n) is 21.4. The smallest absolute Gasteiger partial charge is 0.179 e. The number of aliphatic imine (C=N–C) groups is 2. The molecule has 2 aliphatic rings. The Morgan fingerprint density at radius 1 is 0.895 bits per heavy atom. The summed E-state index contributed by atoms with van der Waals surface area (Å²) in [6.45, 7) is 6.29. The van der Waals surface area contributed by atoms with Crippen LogP contribution >= 0.6 is 11.3 Å². The van der Waals surface area contributed by atoms with Gasteiger partial charge >= 0.3 is 0 Å². The molecule has 0 amide bonds. The summed E-state index contributed by atoms with van der Waals surface area (Å²) >= 11 is 1.75. The quantitative estimate of drug-likeness (QED) is 0.269. The number of aryl methyl sites for hydroxylation is 3. The summed E-state index contributed by atoms with van der Waals surface area (Å²) in [5.74, 6) is 2.35. The highest BCUT2D eigenvalue weighted by molar-refractivity contribution is 7.10. The molecule has 0 saturated heterocycles. The summed E-state index contributed by atoms with van der Waals surface area (Å²) in [4.78, 5) is 14.0. The Morgan fingerprint density at radius 3 is 2.50 bits per heavy atom. The van der Waals surface area contributed by atoms with Crippen LogP contribution in [-0.2, 0) is 0 Å². The van der Waals surface area contributed by atoms with Crippen molar-refractivity contribution in [2.45, 2.75) is 26.8 Å². The third-order valence-electron chi connectivity index (χ3n) is 7.08. The lowest BCUT2D eigenvalue weighted by atomic mass is 9.98. The van der Waals surface area contributed by atoms with Gasteiger partial charge in [0.05, 0.1) is 28.4 Å². The number of anilines is 2. The average molecular weight is 515 g/mol. The van der Waals surface area contributed by atoms with Gasteiger partial charge < -0.3 is 10.2 Å². The molecule has 1 atom stereocenters. The minimum absolute atomic E-state index is 0.0810. The van der Waals surface area contributed by atoms with Gasteiger partial charge in [-0.3, -0.25) is 0 Å². The summed E-state index contributed by atoms with van der Waals surface area (Å²) in [6, 6.07) is 29.2. The van der Waals surface area contributed by atoms with Crippen molar-refractivity contribution >= 4 is 45.9 Å². The number of amidine groups is 2. The number of fused-ring (bicyclic) bond motifs is 4. The molecular formula is C31H26N6S. The summed E-state index contributed by atoms with van der Waals surface area (Å²) in [6.07, 6.45) is 0. The first kappa shape index (κ1) is 22.7. The number of benzene rings is 3. The Bertz CT molecular complexity index is 1730. The molecule has 5 aromatic rings. The van der Waals surface area contributed by atoms with Crippen LogP contribution in [0.5, 0.6) is 0 Å². The van der Waals surface area contributed by atoms with Crippen molar-refractivity contribution in [3.05, 3.63) is 118 Å². The largest absolute Gasteiger partial charge is 0.335 e. The maximum atomic E-state index is 5.30. The van der Waals surface area contributed by atoms with Crippen LogP contribution in [0.15, 0.2) is 100 Å². The van der Waals surface area contributed by atoms with Gasteiger partial charge in [0.1, 0.15) is 6.04 Å². The summed E-state index contributed by atoms with van der Waals surface area (Å²) in [5, 5.41) is 10.7. The number of para-hydroxylation sites is 3. The Hall–Kier alpha value is -4.49. The molecule has 3 aromatic carbocycles. The molecule has 1 N–H and O–H groups in total. The van der Waals surface area contributed by atoms with E-state index in [1.54, 1.807) is 11.3 Å². The van der Waals surface area contributed by atoms with Crippen LogP contribution in [0.2, 0.25) is 0 Å².